The molecule has 2 aliphatic rings. The van der Waals surface area contributed by atoms with E-state index in [0.717, 1.165) is 25.8 Å². The topological polar surface area (TPSA) is 97.0 Å². The molecule has 3 rings (SSSR count). The molecule has 28 heavy (non-hydrogen) atoms. The van der Waals surface area contributed by atoms with Gasteiger partial charge in [-0.25, -0.2) is 8.42 Å². The quantitative estimate of drug-likeness (QED) is 0.707. The van der Waals surface area contributed by atoms with Gasteiger partial charge in [0.25, 0.3) is 0 Å². The van der Waals surface area contributed by atoms with Crippen LogP contribution in [0.2, 0.25) is 0 Å². The second-order valence-electron chi connectivity index (χ2n) is 6.60. The van der Waals surface area contributed by atoms with E-state index in [2.05, 4.69) is 10.6 Å². The molecule has 0 aliphatic carbocycles. The number of amides is 1. The van der Waals surface area contributed by atoms with E-state index in [4.69, 9.17) is 9.47 Å². The van der Waals surface area contributed by atoms with E-state index in [-0.39, 0.29) is 35.0 Å². The highest BCUT2D eigenvalue weighted by Crippen LogP contribution is 2.30. The third kappa shape index (κ3) is 5.36. The van der Waals surface area contributed by atoms with Crippen LogP contribution in [0.3, 0.4) is 0 Å². The first-order valence-electron chi connectivity index (χ1n) is 9.41. The van der Waals surface area contributed by atoms with Crippen LogP contribution in [0, 0.1) is 0 Å². The first kappa shape index (κ1) is 22.9. The lowest BCUT2D eigenvalue weighted by Gasteiger charge is -2.27. The van der Waals surface area contributed by atoms with Gasteiger partial charge in [-0.05, 0) is 44.5 Å². The van der Waals surface area contributed by atoms with Gasteiger partial charge in [-0.1, -0.05) is 6.42 Å². The number of benzene rings is 1. The number of nitrogens with one attached hydrogen (secondary N) is 2. The molecule has 0 radical (unpaired) electrons. The van der Waals surface area contributed by atoms with Crippen LogP contribution >= 0.6 is 12.4 Å². The van der Waals surface area contributed by atoms with Gasteiger partial charge in [0, 0.05) is 18.8 Å². The minimum atomic E-state index is -3.74. The summed E-state index contributed by atoms with van der Waals surface area (Å²) in [5.41, 5.74) is 0.447. The Hall–Kier alpha value is -1.39. The highest BCUT2D eigenvalue weighted by molar-refractivity contribution is 7.89. The van der Waals surface area contributed by atoms with Gasteiger partial charge in [0.2, 0.25) is 15.9 Å². The average molecular weight is 434 g/mol. The van der Waals surface area contributed by atoms with E-state index in [9.17, 15) is 13.2 Å². The molecule has 0 saturated carbocycles. The minimum absolute atomic E-state index is 0. The number of piperidine rings is 1. The molecule has 1 amide bonds. The Morgan fingerprint density at radius 3 is 2.71 bits per heavy atom. The second kappa shape index (κ2) is 10.4. The van der Waals surface area contributed by atoms with Gasteiger partial charge in [0.15, 0.2) is 0 Å². The number of sulfonamides is 1. The van der Waals surface area contributed by atoms with Crippen molar-refractivity contribution in [3.05, 3.63) is 18.2 Å². The van der Waals surface area contributed by atoms with Crippen molar-refractivity contribution in [3.8, 4) is 5.75 Å². The number of morpholine rings is 1. The van der Waals surface area contributed by atoms with Crippen LogP contribution in [0.15, 0.2) is 23.1 Å². The van der Waals surface area contributed by atoms with Crippen molar-refractivity contribution in [2.75, 3.05) is 44.8 Å². The normalized spacial score (nSPS) is 20.8. The van der Waals surface area contributed by atoms with Gasteiger partial charge in [-0.15, -0.1) is 12.4 Å². The summed E-state index contributed by atoms with van der Waals surface area (Å²) in [5, 5.41) is 6.02. The Morgan fingerprint density at radius 2 is 2.07 bits per heavy atom. The summed E-state index contributed by atoms with van der Waals surface area (Å²) in [5.74, 6) is 0.145. The molecule has 2 heterocycles. The van der Waals surface area contributed by atoms with Crippen molar-refractivity contribution in [1.29, 1.82) is 0 Å². The van der Waals surface area contributed by atoms with E-state index < -0.39 is 10.0 Å². The van der Waals surface area contributed by atoms with Gasteiger partial charge >= 0.3 is 0 Å². The molecule has 0 aromatic heterocycles. The Labute approximate surface area is 172 Å². The van der Waals surface area contributed by atoms with Crippen LogP contribution in [-0.4, -0.2) is 64.1 Å². The highest BCUT2D eigenvalue weighted by atomic mass is 35.5. The maximum Gasteiger partial charge on any atom is 0.246 e. The predicted octanol–water partition coefficient (Wildman–Crippen LogP) is 1.61. The number of nitrogens with zero attached hydrogens (tertiary/aromatic N) is 1. The molecule has 2 fully saturated rings. The molecule has 1 aromatic rings. The lowest BCUT2D eigenvalue weighted by atomic mass is 10.0. The molecule has 2 aliphatic heterocycles. The summed E-state index contributed by atoms with van der Waals surface area (Å²) in [6.07, 6.45) is 2.85. The maximum atomic E-state index is 13.1. The highest BCUT2D eigenvalue weighted by Gasteiger charge is 2.30. The number of rotatable bonds is 6. The molecule has 8 nitrogen and oxygen atoms in total. The number of halogens is 1. The van der Waals surface area contributed by atoms with E-state index in [1.54, 1.807) is 19.1 Å². The zero-order chi connectivity index (χ0) is 19.3. The molecule has 1 atom stereocenters. The third-order valence-corrected chi connectivity index (χ3v) is 6.65. The standard InChI is InChI=1S/C18H27N3O5S.ClH/c1-2-26-16-7-6-14(20-18(22)15-5-3-4-8-19-15)13-17(16)27(23,24)21-9-11-25-12-10-21;/h6-7,13,15,19H,2-5,8-12H2,1H3,(H,20,22);1H. The second-order valence-corrected chi connectivity index (χ2v) is 8.51. The Bertz CT molecular complexity index is 762. The molecule has 158 valence electrons. The van der Waals surface area contributed by atoms with Crippen LogP contribution in [0.1, 0.15) is 26.2 Å². The fourth-order valence-corrected chi connectivity index (χ4v) is 4.86. The number of carbonyl (C=O) groups excluding carboxylic acids is 1. The number of anilines is 1. The van der Waals surface area contributed by atoms with Crippen molar-refractivity contribution in [2.45, 2.75) is 37.1 Å². The van der Waals surface area contributed by atoms with Crippen LogP contribution in [0.5, 0.6) is 5.75 Å². The van der Waals surface area contributed by atoms with E-state index in [1.165, 1.54) is 10.4 Å². The monoisotopic (exact) mass is 433 g/mol. The van der Waals surface area contributed by atoms with Crippen LogP contribution < -0.4 is 15.4 Å². The fourth-order valence-electron chi connectivity index (χ4n) is 3.29. The number of hydrogen-bond acceptors (Lipinski definition) is 6. The predicted molar refractivity (Wildman–Crippen MR) is 109 cm³/mol. The first-order chi connectivity index (χ1) is 13.0. The van der Waals surface area contributed by atoms with Gasteiger partial charge in [0.1, 0.15) is 10.6 Å². The summed E-state index contributed by atoms with van der Waals surface area (Å²) >= 11 is 0. The first-order valence-corrected chi connectivity index (χ1v) is 10.9. The third-order valence-electron chi connectivity index (χ3n) is 4.73. The molecule has 1 aromatic carbocycles. The SMILES string of the molecule is CCOc1ccc(NC(=O)C2CCCCN2)cc1S(=O)(=O)N1CCOCC1.Cl. The molecule has 0 spiro atoms. The van der Waals surface area contributed by atoms with Crippen molar-refractivity contribution >= 4 is 34.0 Å². The number of carbonyl (C=O) groups is 1. The van der Waals surface area contributed by atoms with Crippen molar-refractivity contribution in [1.82, 2.24) is 9.62 Å². The molecule has 0 bridgehead atoms. The summed E-state index contributed by atoms with van der Waals surface area (Å²) in [6.45, 7) is 4.31. The average Bonchev–Trinajstić information content (AvgIpc) is 2.70. The van der Waals surface area contributed by atoms with Crippen LogP contribution in [0.25, 0.3) is 0 Å². The van der Waals surface area contributed by atoms with Gasteiger partial charge in [-0.2, -0.15) is 4.31 Å². The molecular formula is C18H28ClN3O5S. The van der Waals surface area contributed by atoms with Gasteiger partial charge < -0.3 is 20.1 Å². The van der Waals surface area contributed by atoms with Crippen LogP contribution in [-0.2, 0) is 19.6 Å². The fraction of sp³-hybridized carbons (Fsp3) is 0.611. The summed E-state index contributed by atoms with van der Waals surface area (Å²) in [7, 11) is -3.74. The van der Waals surface area contributed by atoms with Crippen molar-refractivity contribution in [2.24, 2.45) is 0 Å². The van der Waals surface area contributed by atoms with E-state index >= 15 is 0 Å². The largest absolute Gasteiger partial charge is 0.492 e. The Morgan fingerprint density at radius 1 is 1.32 bits per heavy atom. The Kier molecular flexibility index (Phi) is 8.51. The smallest absolute Gasteiger partial charge is 0.246 e. The summed E-state index contributed by atoms with van der Waals surface area (Å²) in [6, 6.07) is 4.51. The Balaban J connectivity index is 0.00000280. The zero-order valence-corrected chi connectivity index (χ0v) is 17.6. The lowest BCUT2D eigenvalue weighted by Crippen LogP contribution is -2.43. The lowest BCUT2D eigenvalue weighted by molar-refractivity contribution is -0.118. The van der Waals surface area contributed by atoms with Crippen LogP contribution in [0.4, 0.5) is 5.69 Å². The molecule has 1 unspecified atom stereocenters. The zero-order valence-electron chi connectivity index (χ0n) is 16.0. The van der Waals surface area contributed by atoms with Gasteiger partial charge in [0.05, 0.1) is 25.9 Å². The van der Waals surface area contributed by atoms with Crippen molar-refractivity contribution in [3.63, 3.8) is 0 Å². The van der Waals surface area contributed by atoms with Gasteiger partial charge in [-0.3, -0.25) is 4.79 Å². The summed E-state index contributed by atoms with van der Waals surface area (Å²) < 4.78 is 38.3. The number of hydrogen-bond donors (Lipinski definition) is 2. The minimum Gasteiger partial charge on any atom is -0.492 e. The molecule has 10 heteroatoms. The number of ether oxygens (including phenoxy) is 2. The summed E-state index contributed by atoms with van der Waals surface area (Å²) in [4.78, 5) is 12.5. The molecule has 2 saturated heterocycles. The molecule has 2 N–H and O–H groups in total. The van der Waals surface area contributed by atoms with E-state index in [1.807, 2.05) is 0 Å². The molecular weight excluding hydrogens is 406 g/mol. The maximum absolute atomic E-state index is 13.1. The van der Waals surface area contributed by atoms with E-state index in [0.29, 0.717) is 38.6 Å². The van der Waals surface area contributed by atoms with Crippen molar-refractivity contribution < 1.29 is 22.7 Å².